The van der Waals surface area contributed by atoms with Gasteiger partial charge in [-0.2, -0.15) is 8.42 Å². The summed E-state index contributed by atoms with van der Waals surface area (Å²) in [7, 11) is -3.60. The van der Waals surface area contributed by atoms with E-state index in [1.165, 1.54) is 18.4 Å². The van der Waals surface area contributed by atoms with Crippen LogP contribution >= 0.6 is 0 Å². The first kappa shape index (κ1) is 23.5. The van der Waals surface area contributed by atoms with E-state index in [0.717, 1.165) is 41.2 Å². The van der Waals surface area contributed by atoms with E-state index in [1.807, 2.05) is 30.4 Å². The van der Waals surface area contributed by atoms with E-state index in [1.54, 1.807) is 25.1 Å². The molecule has 0 aromatic heterocycles. The zero-order chi connectivity index (χ0) is 23.4. The number of benzene rings is 2. The molecule has 6 heteroatoms. The fourth-order valence-electron chi connectivity index (χ4n) is 4.07. The number of hydrogen-bond donors (Lipinski definition) is 0. The van der Waals surface area contributed by atoms with Gasteiger partial charge in [-0.15, -0.1) is 0 Å². The maximum Gasteiger partial charge on any atom is 0.308 e. The Morgan fingerprint density at radius 2 is 1.61 bits per heavy atom. The van der Waals surface area contributed by atoms with Crippen molar-refractivity contribution in [1.82, 2.24) is 4.90 Å². The lowest BCUT2D eigenvalue weighted by Gasteiger charge is -2.30. The number of piperidine rings is 1. The van der Waals surface area contributed by atoms with E-state index >= 15 is 0 Å². The fourth-order valence-corrected chi connectivity index (χ4v) is 4.59. The molecule has 1 aliphatic carbocycles. The SMILES string of the molecule is CCc1cccc(/C=C2\CN(CC3CC3)C/C(=C\c3cccc(OS(=O)(=O)CC)c3)C2=O)c1. The predicted octanol–water partition coefficient (Wildman–Crippen LogP) is 4.74. The van der Waals surface area contributed by atoms with E-state index in [9.17, 15) is 13.2 Å². The molecule has 33 heavy (non-hydrogen) atoms. The van der Waals surface area contributed by atoms with Crippen molar-refractivity contribution in [3.8, 4) is 5.75 Å². The Labute approximate surface area is 196 Å². The van der Waals surface area contributed by atoms with E-state index in [-0.39, 0.29) is 17.3 Å². The number of Topliss-reactive ketones (excluding diaryl/α,β-unsaturated/α-hetero) is 1. The number of rotatable bonds is 8. The van der Waals surface area contributed by atoms with Gasteiger partial charge in [0.2, 0.25) is 0 Å². The molecule has 0 unspecified atom stereocenters. The Morgan fingerprint density at radius 3 is 2.21 bits per heavy atom. The Hall–Kier alpha value is -2.70. The van der Waals surface area contributed by atoms with Crippen LogP contribution in [0.1, 0.15) is 43.4 Å². The summed E-state index contributed by atoms with van der Waals surface area (Å²) >= 11 is 0. The predicted molar refractivity (Wildman–Crippen MR) is 132 cm³/mol. The lowest BCUT2D eigenvalue weighted by molar-refractivity contribution is -0.113. The van der Waals surface area contributed by atoms with Crippen molar-refractivity contribution >= 4 is 28.1 Å². The van der Waals surface area contributed by atoms with Crippen LogP contribution in [0.2, 0.25) is 0 Å². The van der Waals surface area contributed by atoms with Gasteiger partial charge < -0.3 is 4.18 Å². The molecule has 2 aromatic rings. The highest BCUT2D eigenvalue weighted by Crippen LogP contribution is 2.32. The van der Waals surface area contributed by atoms with Gasteiger partial charge in [0.05, 0.1) is 5.75 Å². The summed E-state index contributed by atoms with van der Waals surface area (Å²) in [5.41, 5.74) is 4.56. The van der Waals surface area contributed by atoms with Crippen molar-refractivity contribution < 1.29 is 17.4 Å². The zero-order valence-corrected chi connectivity index (χ0v) is 20.1. The molecule has 4 rings (SSSR count). The van der Waals surface area contributed by atoms with Gasteiger partial charge in [-0.3, -0.25) is 9.69 Å². The summed E-state index contributed by atoms with van der Waals surface area (Å²) < 4.78 is 28.8. The molecule has 0 bridgehead atoms. The minimum atomic E-state index is -3.60. The van der Waals surface area contributed by atoms with Crippen molar-refractivity contribution in [1.29, 1.82) is 0 Å². The third-order valence-corrected chi connectivity index (χ3v) is 7.21. The highest BCUT2D eigenvalue weighted by molar-refractivity contribution is 7.87. The summed E-state index contributed by atoms with van der Waals surface area (Å²) in [6.07, 6.45) is 7.35. The minimum absolute atomic E-state index is 0.0523. The van der Waals surface area contributed by atoms with Crippen LogP contribution in [0.4, 0.5) is 0 Å². The smallest absolute Gasteiger partial charge is 0.308 e. The summed E-state index contributed by atoms with van der Waals surface area (Å²) in [5, 5.41) is 0. The molecular weight excluding hydrogens is 434 g/mol. The van der Waals surface area contributed by atoms with Crippen LogP contribution in [0.25, 0.3) is 12.2 Å². The Kier molecular flexibility index (Phi) is 7.15. The number of hydrogen-bond acceptors (Lipinski definition) is 5. The molecule has 0 amide bonds. The number of nitrogens with zero attached hydrogens (tertiary/aromatic N) is 1. The Morgan fingerprint density at radius 1 is 0.970 bits per heavy atom. The third-order valence-electron chi connectivity index (χ3n) is 6.06. The van der Waals surface area contributed by atoms with Crippen LogP contribution in [0, 0.1) is 5.92 Å². The molecule has 0 N–H and O–H groups in total. The first-order valence-corrected chi connectivity index (χ1v) is 13.2. The molecular formula is C27H31NO4S. The first-order chi connectivity index (χ1) is 15.8. The molecule has 2 fully saturated rings. The lowest BCUT2D eigenvalue weighted by Crippen LogP contribution is -2.38. The van der Waals surface area contributed by atoms with Crippen molar-refractivity contribution in [3.05, 3.63) is 76.4 Å². The zero-order valence-electron chi connectivity index (χ0n) is 19.3. The summed E-state index contributed by atoms with van der Waals surface area (Å²) in [6, 6.07) is 15.2. The Bertz CT molecular complexity index is 1190. The molecule has 0 radical (unpaired) electrons. The number of likely N-dealkylation sites (tertiary alicyclic amines) is 1. The van der Waals surface area contributed by atoms with E-state index < -0.39 is 10.1 Å². The molecule has 1 aliphatic heterocycles. The van der Waals surface area contributed by atoms with Crippen molar-refractivity contribution in [2.24, 2.45) is 5.92 Å². The number of carbonyl (C=O) groups excluding carboxylic acids is 1. The van der Waals surface area contributed by atoms with Gasteiger partial charge in [-0.05, 0) is 73.1 Å². The Balaban J connectivity index is 1.64. The lowest BCUT2D eigenvalue weighted by atomic mass is 9.93. The molecule has 1 saturated carbocycles. The molecule has 5 nitrogen and oxygen atoms in total. The largest absolute Gasteiger partial charge is 0.382 e. The quantitative estimate of drug-likeness (QED) is 0.416. The van der Waals surface area contributed by atoms with E-state index in [2.05, 4.69) is 24.0 Å². The molecule has 174 valence electrons. The second-order valence-electron chi connectivity index (χ2n) is 8.88. The third kappa shape index (κ3) is 6.42. The highest BCUT2D eigenvalue weighted by atomic mass is 32.2. The van der Waals surface area contributed by atoms with Crippen molar-refractivity contribution in [3.63, 3.8) is 0 Å². The van der Waals surface area contributed by atoms with Gasteiger partial charge in [0.15, 0.2) is 5.78 Å². The second kappa shape index (κ2) is 10.1. The topological polar surface area (TPSA) is 63.7 Å². The van der Waals surface area contributed by atoms with E-state index in [0.29, 0.717) is 13.1 Å². The summed E-state index contributed by atoms with van der Waals surface area (Å²) in [4.78, 5) is 15.8. The van der Waals surface area contributed by atoms with Crippen LogP contribution in [0.5, 0.6) is 5.75 Å². The van der Waals surface area contributed by atoms with Gasteiger partial charge in [0.1, 0.15) is 5.75 Å². The molecule has 0 spiro atoms. The van der Waals surface area contributed by atoms with E-state index in [4.69, 9.17) is 4.18 Å². The fraction of sp³-hybridized carbons (Fsp3) is 0.370. The van der Waals surface area contributed by atoms with Crippen LogP contribution in [-0.2, 0) is 21.3 Å². The van der Waals surface area contributed by atoms with Crippen molar-refractivity contribution in [2.75, 3.05) is 25.4 Å². The molecule has 2 aliphatic rings. The molecule has 0 atom stereocenters. The first-order valence-electron chi connectivity index (χ1n) is 11.6. The number of carbonyl (C=O) groups is 1. The standard InChI is InChI=1S/C27H31NO4S/c1-3-20-7-5-8-22(13-20)14-24-18-28(17-21-11-12-21)19-25(27(24)29)15-23-9-6-10-26(16-23)32-33(30,31)4-2/h5-10,13-16,21H,3-4,11-12,17-19H2,1-2H3/b24-14+,25-15+. The highest BCUT2D eigenvalue weighted by Gasteiger charge is 2.30. The average molecular weight is 466 g/mol. The normalized spacial score (nSPS) is 19.9. The maximum absolute atomic E-state index is 13.4. The van der Waals surface area contributed by atoms with Crippen LogP contribution in [0.3, 0.4) is 0 Å². The maximum atomic E-state index is 13.4. The number of ketones is 1. The second-order valence-corrected chi connectivity index (χ2v) is 10.7. The van der Waals surface area contributed by atoms with Crippen molar-refractivity contribution in [2.45, 2.75) is 33.1 Å². The molecule has 2 aromatic carbocycles. The van der Waals surface area contributed by atoms with Crippen LogP contribution in [0.15, 0.2) is 59.7 Å². The summed E-state index contributed by atoms with van der Waals surface area (Å²) in [6.45, 7) is 5.91. The van der Waals surface area contributed by atoms with Gasteiger partial charge in [0.25, 0.3) is 0 Å². The minimum Gasteiger partial charge on any atom is -0.382 e. The molecule has 1 saturated heterocycles. The van der Waals surface area contributed by atoms with Gasteiger partial charge in [-0.25, -0.2) is 0 Å². The van der Waals surface area contributed by atoms with Gasteiger partial charge in [-0.1, -0.05) is 43.3 Å². The monoisotopic (exact) mass is 465 g/mol. The number of aryl methyl sites for hydroxylation is 1. The van der Waals surface area contributed by atoms with Crippen LogP contribution in [-0.4, -0.2) is 44.5 Å². The van der Waals surface area contributed by atoms with Gasteiger partial charge >= 0.3 is 10.1 Å². The summed E-state index contributed by atoms with van der Waals surface area (Å²) in [5.74, 6) is 0.938. The van der Waals surface area contributed by atoms with Gasteiger partial charge in [0, 0.05) is 30.8 Å². The molecule has 1 heterocycles. The van der Waals surface area contributed by atoms with Crippen LogP contribution < -0.4 is 4.18 Å². The average Bonchev–Trinajstić information content (AvgIpc) is 3.61.